The summed E-state index contributed by atoms with van der Waals surface area (Å²) >= 11 is 0. The van der Waals surface area contributed by atoms with Gasteiger partial charge in [0.2, 0.25) is 0 Å². The normalized spacial score (nSPS) is 16.3. The molecule has 9 nitrogen and oxygen atoms in total. The number of carboxylic acids is 1. The summed E-state index contributed by atoms with van der Waals surface area (Å²) in [6, 6.07) is 6.66. The van der Waals surface area contributed by atoms with Gasteiger partial charge in [-0.1, -0.05) is 32.0 Å². The first-order valence-corrected chi connectivity index (χ1v) is 15.2. The maximum absolute atomic E-state index is 11.9. The van der Waals surface area contributed by atoms with Crippen molar-refractivity contribution in [2.24, 2.45) is 5.41 Å². The minimum Gasteiger partial charge on any atom is -0.481 e. The van der Waals surface area contributed by atoms with E-state index in [0.29, 0.717) is 11.2 Å². The second-order valence-corrected chi connectivity index (χ2v) is 13.7. The number of pyridine rings is 1. The number of aryl methyl sites for hydroxylation is 2. The second kappa shape index (κ2) is 12.5. The highest BCUT2D eigenvalue weighted by Gasteiger charge is 2.30. The highest BCUT2D eigenvalue weighted by Crippen LogP contribution is 2.42. The van der Waals surface area contributed by atoms with Crippen LogP contribution in [0.15, 0.2) is 24.5 Å². The van der Waals surface area contributed by atoms with Gasteiger partial charge in [-0.05, 0) is 82.9 Å². The molecule has 2 aliphatic rings. The number of rotatable bonds is 5. The Balaban J connectivity index is 0.000000782. The molecule has 2 aromatic heterocycles. The molecule has 0 atom stereocenters. The fraction of sp³-hybridized carbons (Fsp3) is 0.529. The van der Waals surface area contributed by atoms with Gasteiger partial charge in [0.25, 0.3) is 0 Å². The van der Waals surface area contributed by atoms with Crippen LogP contribution in [-0.2, 0) is 24.2 Å². The number of nitrogens with two attached hydrogens (primary N) is 1. The third-order valence-corrected chi connectivity index (χ3v) is 8.32. The smallest absolute Gasteiger partial charge is 0.307 e. The van der Waals surface area contributed by atoms with Gasteiger partial charge in [0.1, 0.15) is 18.0 Å². The van der Waals surface area contributed by atoms with Crippen molar-refractivity contribution in [2.75, 3.05) is 35.2 Å². The molecule has 0 bridgehead atoms. The van der Waals surface area contributed by atoms with Gasteiger partial charge in [0.15, 0.2) is 0 Å². The number of fused-ring (bicyclic) bond motifs is 1. The number of hydrogen-bond donors (Lipinski definition) is 3. The van der Waals surface area contributed by atoms with E-state index in [1.165, 1.54) is 17.5 Å². The van der Waals surface area contributed by atoms with E-state index in [9.17, 15) is 9.90 Å². The van der Waals surface area contributed by atoms with Crippen LogP contribution < -0.4 is 15.5 Å². The van der Waals surface area contributed by atoms with Crippen LogP contribution in [0.3, 0.4) is 0 Å². The van der Waals surface area contributed by atoms with Gasteiger partial charge in [-0.15, -0.1) is 0 Å². The van der Waals surface area contributed by atoms with E-state index < -0.39 is 11.6 Å². The molecule has 232 valence electrons. The van der Waals surface area contributed by atoms with E-state index in [0.717, 1.165) is 90.6 Å². The third kappa shape index (κ3) is 7.82. The van der Waals surface area contributed by atoms with Crippen molar-refractivity contribution in [3.63, 3.8) is 0 Å². The Morgan fingerprint density at radius 1 is 1.00 bits per heavy atom. The molecule has 5 rings (SSSR count). The molecule has 1 fully saturated rings. The van der Waals surface area contributed by atoms with Crippen LogP contribution in [0.5, 0.6) is 0 Å². The average molecular weight is 589 g/mol. The van der Waals surface area contributed by atoms with Crippen molar-refractivity contribution in [1.29, 1.82) is 0 Å². The fourth-order valence-electron chi connectivity index (χ4n) is 5.92. The Morgan fingerprint density at radius 3 is 2.28 bits per heavy atom. The Morgan fingerprint density at radius 2 is 1.65 bits per heavy atom. The third-order valence-electron chi connectivity index (χ3n) is 8.32. The summed E-state index contributed by atoms with van der Waals surface area (Å²) in [4.78, 5) is 30.0. The van der Waals surface area contributed by atoms with Gasteiger partial charge in [-0.2, -0.15) is 0 Å². The van der Waals surface area contributed by atoms with E-state index in [1.807, 2.05) is 20.8 Å². The van der Waals surface area contributed by atoms with Gasteiger partial charge in [-0.3, -0.25) is 9.78 Å². The molecule has 1 aromatic carbocycles. The van der Waals surface area contributed by atoms with Gasteiger partial charge < -0.3 is 25.7 Å². The summed E-state index contributed by atoms with van der Waals surface area (Å²) in [6.45, 7) is 19.2. The lowest BCUT2D eigenvalue weighted by atomic mass is 9.82. The lowest BCUT2D eigenvalue weighted by molar-refractivity contribution is -0.136. The molecule has 0 spiro atoms. The summed E-state index contributed by atoms with van der Waals surface area (Å²) in [5.41, 5.74) is 15.1. The predicted molar refractivity (Wildman–Crippen MR) is 174 cm³/mol. The zero-order chi connectivity index (χ0) is 31.7. The van der Waals surface area contributed by atoms with Crippen molar-refractivity contribution < 1.29 is 15.0 Å². The molecule has 0 aliphatic carbocycles. The lowest BCUT2D eigenvalue weighted by Gasteiger charge is -2.40. The Kier molecular flexibility index (Phi) is 9.35. The topological polar surface area (TPSA) is 129 Å². The molecule has 1 saturated heterocycles. The van der Waals surface area contributed by atoms with E-state index in [1.54, 1.807) is 20.8 Å². The van der Waals surface area contributed by atoms with Crippen molar-refractivity contribution >= 4 is 23.3 Å². The Bertz CT molecular complexity index is 1480. The highest BCUT2D eigenvalue weighted by molar-refractivity contribution is 5.86. The van der Waals surface area contributed by atoms with Gasteiger partial charge >= 0.3 is 5.97 Å². The SMILES string of the molecule is CC(C)(C)O.Cc1nc(C)c(-c2ccc3c(c2)CCN(c2ncnc(N)c2C)C3)c(N2CCC(C)(C)CC2)c1CC(=O)O. The molecule has 2 aliphatic heterocycles. The van der Waals surface area contributed by atoms with E-state index in [-0.39, 0.29) is 6.42 Å². The maximum atomic E-state index is 11.9. The molecule has 4 N–H and O–H groups in total. The van der Waals surface area contributed by atoms with E-state index in [2.05, 4.69) is 51.8 Å². The number of carboxylic acid groups (broad SMARTS) is 1. The van der Waals surface area contributed by atoms with E-state index in [4.69, 9.17) is 15.8 Å². The van der Waals surface area contributed by atoms with Crippen molar-refractivity contribution in [2.45, 2.75) is 93.2 Å². The van der Waals surface area contributed by atoms with Crippen LogP contribution in [0.25, 0.3) is 11.1 Å². The number of hydrogen-bond acceptors (Lipinski definition) is 8. The van der Waals surface area contributed by atoms with Crippen LogP contribution in [-0.4, -0.2) is 56.4 Å². The number of aromatic nitrogens is 3. The molecule has 0 unspecified atom stereocenters. The highest BCUT2D eigenvalue weighted by atomic mass is 16.4. The first kappa shape index (κ1) is 32.2. The first-order chi connectivity index (χ1) is 20.0. The van der Waals surface area contributed by atoms with Crippen LogP contribution in [0.4, 0.5) is 17.3 Å². The minimum absolute atomic E-state index is 0.0251. The lowest BCUT2D eigenvalue weighted by Crippen LogP contribution is -2.38. The van der Waals surface area contributed by atoms with Gasteiger partial charge in [0.05, 0.1) is 17.7 Å². The Hall–Kier alpha value is -3.72. The number of nitrogens with zero attached hydrogens (tertiary/aromatic N) is 5. The van der Waals surface area contributed by atoms with Crippen LogP contribution in [0.2, 0.25) is 0 Å². The second-order valence-electron chi connectivity index (χ2n) is 13.7. The summed E-state index contributed by atoms with van der Waals surface area (Å²) in [7, 11) is 0. The van der Waals surface area contributed by atoms with Crippen LogP contribution in [0.1, 0.15) is 81.1 Å². The minimum atomic E-state index is -0.825. The van der Waals surface area contributed by atoms with Crippen molar-refractivity contribution in [1.82, 2.24) is 15.0 Å². The molecular weight excluding hydrogens is 540 g/mol. The summed E-state index contributed by atoms with van der Waals surface area (Å²) < 4.78 is 0. The predicted octanol–water partition coefficient (Wildman–Crippen LogP) is 5.64. The molecule has 0 saturated carbocycles. The molecule has 3 aromatic rings. The molecule has 9 heteroatoms. The monoisotopic (exact) mass is 588 g/mol. The Labute approximate surface area is 256 Å². The number of benzene rings is 1. The number of piperidine rings is 1. The maximum Gasteiger partial charge on any atom is 0.307 e. The quantitative estimate of drug-likeness (QED) is 0.347. The average Bonchev–Trinajstić information content (AvgIpc) is 2.90. The number of aliphatic hydroxyl groups is 1. The number of anilines is 3. The summed E-state index contributed by atoms with van der Waals surface area (Å²) in [5, 5.41) is 18.3. The zero-order valence-electron chi connectivity index (χ0n) is 27.1. The van der Waals surface area contributed by atoms with E-state index >= 15 is 0 Å². The fourth-order valence-corrected chi connectivity index (χ4v) is 5.92. The van der Waals surface area contributed by atoms with Crippen molar-refractivity contribution in [3.05, 3.63) is 58.2 Å². The van der Waals surface area contributed by atoms with Gasteiger partial charge in [0, 0.05) is 54.3 Å². The van der Waals surface area contributed by atoms with Gasteiger partial charge in [-0.25, -0.2) is 9.97 Å². The largest absolute Gasteiger partial charge is 0.481 e. The number of aliphatic carboxylic acids is 1. The number of carbonyl (C=O) groups is 1. The first-order valence-electron chi connectivity index (χ1n) is 15.2. The summed E-state index contributed by atoms with van der Waals surface area (Å²) in [5.74, 6) is 0.582. The van der Waals surface area contributed by atoms with Crippen molar-refractivity contribution in [3.8, 4) is 11.1 Å². The molecule has 0 amide bonds. The molecule has 0 radical (unpaired) electrons. The molecule has 43 heavy (non-hydrogen) atoms. The van der Waals surface area contributed by atoms with Crippen LogP contribution in [0, 0.1) is 26.2 Å². The molecule has 4 heterocycles. The zero-order valence-corrected chi connectivity index (χ0v) is 27.1. The summed E-state index contributed by atoms with van der Waals surface area (Å²) in [6.07, 6.45) is 4.54. The molecular formula is C34H48N6O3. The van der Waals surface area contributed by atoms with Crippen LogP contribution >= 0.6 is 0 Å². The standard InChI is InChI=1S/C30H38N6O2.C4H10O/c1-18-28(31)32-17-33-29(18)36-11-8-21-14-22(6-7-23(21)16-36)26-20(3)34-19(2)24(15-25(37)38)27(26)35-12-9-30(4,5)10-13-35;1-4(2,3)5/h6-7,14,17H,8-13,15-16H2,1-5H3,(H,37,38)(H2,31,32,33);5H,1-3H3. The number of nitrogen functional groups attached to an aromatic ring is 1.